The molecule has 0 radical (unpaired) electrons. The van der Waals surface area contributed by atoms with E-state index in [1.165, 1.54) is 12.8 Å². The summed E-state index contributed by atoms with van der Waals surface area (Å²) in [7, 11) is 1.84. The summed E-state index contributed by atoms with van der Waals surface area (Å²) in [5, 5.41) is 9.11. The third kappa shape index (κ3) is 2.45. The molecule has 2 fully saturated rings. The van der Waals surface area contributed by atoms with E-state index in [1.54, 1.807) is 0 Å². The van der Waals surface area contributed by atoms with E-state index in [2.05, 4.69) is 0 Å². The number of carbonyl (C=O) groups is 2. The molecule has 2 aliphatic rings. The largest absolute Gasteiger partial charge is 0.481 e. The molecular weight excluding hydrogens is 218 g/mol. The van der Waals surface area contributed by atoms with Crippen molar-refractivity contribution in [2.75, 3.05) is 7.05 Å². The predicted molar refractivity (Wildman–Crippen MR) is 63.5 cm³/mol. The second kappa shape index (κ2) is 5.07. The van der Waals surface area contributed by atoms with Crippen LogP contribution in [0.1, 0.15) is 44.9 Å². The lowest BCUT2D eigenvalue weighted by Crippen LogP contribution is -2.41. The fourth-order valence-electron chi connectivity index (χ4n) is 3.28. The molecule has 2 aliphatic carbocycles. The van der Waals surface area contributed by atoms with Gasteiger partial charge in [0.1, 0.15) is 0 Å². The molecule has 0 heterocycles. The van der Waals surface area contributed by atoms with Gasteiger partial charge in [-0.05, 0) is 25.7 Å². The fraction of sp³-hybridized carbons (Fsp3) is 0.846. The molecule has 0 bridgehead atoms. The molecule has 1 N–H and O–H groups in total. The first-order valence-corrected chi connectivity index (χ1v) is 6.60. The Morgan fingerprint density at radius 3 is 2.18 bits per heavy atom. The molecule has 0 aromatic heterocycles. The van der Waals surface area contributed by atoms with Crippen LogP contribution in [0.15, 0.2) is 0 Å². The summed E-state index contributed by atoms with van der Waals surface area (Å²) in [6, 6.07) is 0.345. The third-order valence-electron chi connectivity index (χ3n) is 4.37. The molecule has 0 spiro atoms. The zero-order valence-electron chi connectivity index (χ0n) is 10.4. The first-order chi connectivity index (χ1) is 8.11. The maximum absolute atomic E-state index is 12.3. The lowest BCUT2D eigenvalue weighted by atomic mass is 9.94. The van der Waals surface area contributed by atoms with E-state index in [1.807, 2.05) is 11.9 Å². The van der Waals surface area contributed by atoms with Crippen molar-refractivity contribution >= 4 is 11.9 Å². The molecule has 0 aromatic rings. The first-order valence-electron chi connectivity index (χ1n) is 6.60. The topological polar surface area (TPSA) is 57.6 Å². The third-order valence-corrected chi connectivity index (χ3v) is 4.37. The number of aliphatic carboxylic acids is 1. The summed E-state index contributed by atoms with van der Waals surface area (Å²) in [5.74, 6) is -1.48. The van der Waals surface area contributed by atoms with Crippen molar-refractivity contribution in [3.8, 4) is 0 Å². The molecular formula is C13H21NO3. The summed E-state index contributed by atoms with van der Waals surface area (Å²) in [5.41, 5.74) is 0. The van der Waals surface area contributed by atoms with E-state index in [0.717, 1.165) is 25.7 Å². The van der Waals surface area contributed by atoms with Crippen molar-refractivity contribution < 1.29 is 14.7 Å². The fourth-order valence-corrected chi connectivity index (χ4v) is 3.28. The number of nitrogens with zero attached hydrogens (tertiary/aromatic N) is 1. The van der Waals surface area contributed by atoms with Gasteiger partial charge in [-0.25, -0.2) is 0 Å². The van der Waals surface area contributed by atoms with Crippen molar-refractivity contribution in [1.82, 2.24) is 4.90 Å². The quantitative estimate of drug-likeness (QED) is 0.818. The maximum Gasteiger partial charge on any atom is 0.307 e. The van der Waals surface area contributed by atoms with Crippen molar-refractivity contribution in [3.63, 3.8) is 0 Å². The highest BCUT2D eigenvalue weighted by Gasteiger charge is 2.40. The minimum absolute atomic E-state index is 0.0572. The second-order valence-electron chi connectivity index (χ2n) is 5.37. The van der Waals surface area contributed by atoms with Gasteiger partial charge in [0.2, 0.25) is 5.91 Å². The summed E-state index contributed by atoms with van der Waals surface area (Å²) >= 11 is 0. The Morgan fingerprint density at radius 1 is 1.00 bits per heavy atom. The number of carboxylic acids is 1. The van der Waals surface area contributed by atoms with Crippen LogP contribution >= 0.6 is 0 Å². The van der Waals surface area contributed by atoms with Crippen LogP contribution in [0, 0.1) is 11.8 Å². The van der Waals surface area contributed by atoms with Gasteiger partial charge in [-0.1, -0.05) is 19.3 Å². The van der Waals surface area contributed by atoms with Crippen LogP contribution in [0.2, 0.25) is 0 Å². The lowest BCUT2D eigenvalue weighted by Gasteiger charge is -2.28. The molecule has 1 amide bonds. The number of carbonyl (C=O) groups excluding carboxylic acids is 1. The molecule has 0 aromatic carbocycles. The Labute approximate surface area is 102 Å². The van der Waals surface area contributed by atoms with E-state index in [0.29, 0.717) is 12.5 Å². The highest BCUT2D eigenvalue weighted by atomic mass is 16.4. The van der Waals surface area contributed by atoms with Crippen molar-refractivity contribution in [2.45, 2.75) is 51.0 Å². The molecule has 2 unspecified atom stereocenters. The Kier molecular flexibility index (Phi) is 3.69. The molecule has 96 valence electrons. The number of rotatable bonds is 3. The SMILES string of the molecule is CN(C(=O)C1CCCC1C(=O)O)C1CCCC1. The second-order valence-corrected chi connectivity index (χ2v) is 5.37. The van der Waals surface area contributed by atoms with Crippen LogP contribution in [0.3, 0.4) is 0 Å². The van der Waals surface area contributed by atoms with Gasteiger partial charge < -0.3 is 10.0 Å². The van der Waals surface area contributed by atoms with E-state index >= 15 is 0 Å². The van der Waals surface area contributed by atoms with E-state index in [9.17, 15) is 9.59 Å². The van der Waals surface area contributed by atoms with Crippen LogP contribution < -0.4 is 0 Å². The number of amides is 1. The zero-order valence-corrected chi connectivity index (χ0v) is 10.4. The highest BCUT2D eigenvalue weighted by Crippen LogP contribution is 2.34. The van der Waals surface area contributed by atoms with Gasteiger partial charge in [-0.3, -0.25) is 9.59 Å². The number of carboxylic acid groups (broad SMARTS) is 1. The van der Waals surface area contributed by atoms with Crippen molar-refractivity contribution in [2.24, 2.45) is 11.8 Å². The molecule has 2 atom stereocenters. The van der Waals surface area contributed by atoms with E-state index in [-0.39, 0.29) is 11.8 Å². The first kappa shape index (κ1) is 12.4. The van der Waals surface area contributed by atoms with Crippen molar-refractivity contribution in [1.29, 1.82) is 0 Å². The molecule has 0 saturated heterocycles. The van der Waals surface area contributed by atoms with Crippen LogP contribution in [-0.4, -0.2) is 35.0 Å². The normalized spacial score (nSPS) is 29.5. The minimum atomic E-state index is -0.805. The average Bonchev–Trinajstić information content (AvgIpc) is 2.97. The smallest absolute Gasteiger partial charge is 0.307 e. The van der Waals surface area contributed by atoms with Gasteiger partial charge in [0.05, 0.1) is 11.8 Å². The summed E-state index contributed by atoms with van der Waals surface area (Å²) in [4.78, 5) is 25.2. The van der Waals surface area contributed by atoms with Gasteiger partial charge in [0, 0.05) is 13.1 Å². The number of hydrogen-bond acceptors (Lipinski definition) is 2. The Bertz CT molecular complexity index is 310. The van der Waals surface area contributed by atoms with E-state index < -0.39 is 11.9 Å². The molecule has 2 saturated carbocycles. The van der Waals surface area contributed by atoms with E-state index in [4.69, 9.17) is 5.11 Å². The average molecular weight is 239 g/mol. The molecule has 4 heteroatoms. The van der Waals surface area contributed by atoms with Crippen molar-refractivity contribution in [3.05, 3.63) is 0 Å². The molecule has 17 heavy (non-hydrogen) atoms. The minimum Gasteiger partial charge on any atom is -0.481 e. The Hall–Kier alpha value is -1.06. The summed E-state index contributed by atoms with van der Waals surface area (Å²) in [6.07, 6.45) is 6.80. The van der Waals surface area contributed by atoms with Crippen LogP contribution in [0.5, 0.6) is 0 Å². The highest BCUT2D eigenvalue weighted by molar-refractivity contribution is 5.85. The summed E-state index contributed by atoms with van der Waals surface area (Å²) < 4.78 is 0. The Balaban J connectivity index is 2.00. The standard InChI is InChI=1S/C13H21NO3/c1-14(9-5-2-3-6-9)12(15)10-7-4-8-11(10)13(16)17/h9-11H,2-8H2,1H3,(H,16,17). The van der Waals surface area contributed by atoms with Crippen LogP contribution in [0.4, 0.5) is 0 Å². The maximum atomic E-state index is 12.3. The van der Waals surface area contributed by atoms with Gasteiger partial charge >= 0.3 is 5.97 Å². The van der Waals surface area contributed by atoms with Crippen LogP contribution in [-0.2, 0) is 9.59 Å². The van der Waals surface area contributed by atoms with Gasteiger partial charge in [-0.2, -0.15) is 0 Å². The molecule has 0 aliphatic heterocycles. The van der Waals surface area contributed by atoms with Gasteiger partial charge in [-0.15, -0.1) is 0 Å². The summed E-state index contributed by atoms with van der Waals surface area (Å²) in [6.45, 7) is 0. The monoisotopic (exact) mass is 239 g/mol. The zero-order chi connectivity index (χ0) is 12.4. The molecule has 4 nitrogen and oxygen atoms in total. The van der Waals surface area contributed by atoms with Gasteiger partial charge in [0.25, 0.3) is 0 Å². The van der Waals surface area contributed by atoms with Crippen LogP contribution in [0.25, 0.3) is 0 Å². The van der Waals surface area contributed by atoms with Gasteiger partial charge in [0.15, 0.2) is 0 Å². The predicted octanol–water partition coefficient (Wildman–Crippen LogP) is 1.89. The molecule has 2 rings (SSSR count). The lowest BCUT2D eigenvalue weighted by molar-refractivity contribution is -0.149. The number of hydrogen-bond donors (Lipinski definition) is 1. The Morgan fingerprint density at radius 2 is 1.59 bits per heavy atom.